The molecule has 1 amide bonds. The van der Waals surface area contributed by atoms with Crippen LogP contribution in [0.2, 0.25) is 0 Å². The third-order valence-corrected chi connectivity index (χ3v) is 7.64. The van der Waals surface area contributed by atoms with Crippen LogP contribution in [0.3, 0.4) is 0 Å². The van der Waals surface area contributed by atoms with Crippen LogP contribution in [0.15, 0.2) is 66.5 Å². The summed E-state index contributed by atoms with van der Waals surface area (Å²) in [5.41, 5.74) is 8.25. The van der Waals surface area contributed by atoms with Gasteiger partial charge in [-0.25, -0.2) is 9.37 Å². The smallest absolute Gasteiger partial charge is 0.227 e. The Balaban J connectivity index is 1.24. The Morgan fingerprint density at radius 3 is 2.66 bits per heavy atom. The Bertz CT molecular complexity index is 1800. The quantitative estimate of drug-likeness (QED) is 0.282. The van der Waals surface area contributed by atoms with Crippen molar-refractivity contribution in [3.63, 3.8) is 0 Å². The Morgan fingerprint density at radius 2 is 1.80 bits per heavy atom. The molecule has 1 fully saturated rings. The number of hydrazone groups is 1. The number of rotatable bonds is 5. The van der Waals surface area contributed by atoms with Crippen molar-refractivity contribution in [2.45, 2.75) is 38.6 Å². The standard InChI is InChI=1S/C30H26FN9O/c31-25-21(19-12-20(14-33-13-19)37-30(41)18-4-2-1-3-5-18)15-35-23-16-36-40-28(24(23)25)29-38-22-8-11-34-26(27(22)39-29)17-6-9-32-10-7-17/h6-15,18,36H,1-5,16H2,(H,37,41)(H,38,39). The molecule has 1 aliphatic carbocycles. The van der Waals surface area contributed by atoms with Gasteiger partial charge in [0.15, 0.2) is 5.82 Å². The van der Waals surface area contributed by atoms with E-state index < -0.39 is 5.82 Å². The largest absolute Gasteiger partial charge is 0.336 e. The third-order valence-electron chi connectivity index (χ3n) is 7.64. The van der Waals surface area contributed by atoms with E-state index in [-0.39, 0.29) is 29.5 Å². The number of hydrogen-bond donors (Lipinski definition) is 3. The number of nitrogens with one attached hydrogen (secondary N) is 3. The van der Waals surface area contributed by atoms with E-state index in [4.69, 9.17) is 4.98 Å². The first-order chi connectivity index (χ1) is 20.2. The van der Waals surface area contributed by atoms with Gasteiger partial charge in [0.2, 0.25) is 5.91 Å². The summed E-state index contributed by atoms with van der Waals surface area (Å²) in [5, 5.41) is 7.40. The SMILES string of the molecule is O=C(Nc1cncc(-c2cnc3c(c2F)C(c2nc4c(-c5ccncc5)nccc4[nH]2)=NNC3)c1)C1CCCCC1. The van der Waals surface area contributed by atoms with Crippen molar-refractivity contribution in [1.29, 1.82) is 0 Å². The Labute approximate surface area is 234 Å². The van der Waals surface area contributed by atoms with Crippen molar-refractivity contribution >= 4 is 28.3 Å². The van der Waals surface area contributed by atoms with Crippen LogP contribution in [0.4, 0.5) is 10.1 Å². The summed E-state index contributed by atoms with van der Waals surface area (Å²) in [5.74, 6) is -0.112. The molecule has 7 rings (SSSR count). The molecule has 10 nitrogen and oxygen atoms in total. The van der Waals surface area contributed by atoms with Crippen LogP contribution >= 0.6 is 0 Å². The number of carbonyl (C=O) groups excluding carboxylic acids is 1. The van der Waals surface area contributed by atoms with Crippen LogP contribution in [-0.4, -0.2) is 41.5 Å². The summed E-state index contributed by atoms with van der Waals surface area (Å²) in [7, 11) is 0. The van der Waals surface area contributed by atoms with E-state index in [9.17, 15) is 4.79 Å². The number of imidazole rings is 1. The number of halogens is 1. The predicted octanol–water partition coefficient (Wildman–Crippen LogP) is 4.99. The lowest BCUT2D eigenvalue weighted by Gasteiger charge is -2.21. The van der Waals surface area contributed by atoms with Crippen LogP contribution in [0.1, 0.15) is 49.2 Å². The lowest BCUT2D eigenvalue weighted by Crippen LogP contribution is -2.25. The number of anilines is 1. The summed E-state index contributed by atoms with van der Waals surface area (Å²) >= 11 is 0. The number of carbonyl (C=O) groups is 1. The second kappa shape index (κ2) is 10.5. The normalized spacial score (nSPS) is 15.2. The summed E-state index contributed by atoms with van der Waals surface area (Å²) in [6, 6.07) is 7.27. The topological polar surface area (TPSA) is 134 Å². The summed E-state index contributed by atoms with van der Waals surface area (Å²) in [4.78, 5) is 38.3. The van der Waals surface area contributed by atoms with Gasteiger partial charge in [0.1, 0.15) is 17.0 Å². The third kappa shape index (κ3) is 4.69. The van der Waals surface area contributed by atoms with Gasteiger partial charge in [-0.15, -0.1) is 0 Å². The number of fused-ring (bicyclic) bond motifs is 2. The average Bonchev–Trinajstić information content (AvgIpc) is 3.47. The Hall–Kier alpha value is -5.06. The molecule has 2 aliphatic rings. The number of hydrogen-bond acceptors (Lipinski definition) is 8. The number of nitrogens with zero attached hydrogens (tertiary/aromatic N) is 6. The molecule has 5 aromatic rings. The Morgan fingerprint density at radius 1 is 0.951 bits per heavy atom. The molecule has 0 aromatic carbocycles. The highest BCUT2D eigenvalue weighted by Crippen LogP contribution is 2.32. The number of pyridine rings is 4. The second-order valence-electron chi connectivity index (χ2n) is 10.3. The average molecular weight is 548 g/mol. The molecular formula is C30H26FN9O. The van der Waals surface area contributed by atoms with Gasteiger partial charge in [-0.2, -0.15) is 5.10 Å². The minimum absolute atomic E-state index is 0.00101. The zero-order valence-corrected chi connectivity index (χ0v) is 22.1. The van der Waals surface area contributed by atoms with E-state index in [0.29, 0.717) is 39.7 Å². The van der Waals surface area contributed by atoms with Gasteiger partial charge in [0.25, 0.3) is 0 Å². The van der Waals surface area contributed by atoms with Gasteiger partial charge in [-0.1, -0.05) is 19.3 Å². The summed E-state index contributed by atoms with van der Waals surface area (Å²) in [6.07, 6.45) is 14.8. The molecule has 0 spiro atoms. The van der Waals surface area contributed by atoms with Gasteiger partial charge >= 0.3 is 0 Å². The maximum atomic E-state index is 16.3. The monoisotopic (exact) mass is 547 g/mol. The van der Waals surface area contributed by atoms with E-state index in [1.165, 1.54) is 12.6 Å². The molecule has 5 aromatic heterocycles. The van der Waals surface area contributed by atoms with Gasteiger partial charge in [0.05, 0.1) is 40.9 Å². The van der Waals surface area contributed by atoms with E-state index in [1.54, 1.807) is 37.1 Å². The van der Waals surface area contributed by atoms with Crippen LogP contribution in [-0.2, 0) is 11.3 Å². The number of aromatic nitrogens is 6. The molecule has 204 valence electrons. The minimum atomic E-state index is -0.485. The van der Waals surface area contributed by atoms with Crippen LogP contribution in [0.25, 0.3) is 33.4 Å². The fraction of sp³-hybridized carbons (Fsp3) is 0.233. The fourth-order valence-corrected chi connectivity index (χ4v) is 5.55. The number of aromatic amines is 1. The predicted molar refractivity (Wildman–Crippen MR) is 152 cm³/mol. The molecule has 1 saturated carbocycles. The molecule has 3 N–H and O–H groups in total. The molecule has 6 heterocycles. The van der Waals surface area contributed by atoms with Gasteiger partial charge in [-0.05, 0) is 37.1 Å². The molecule has 11 heteroatoms. The highest BCUT2D eigenvalue weighted by atomic mass is 19.1. The van der Waals surface area contributed by atoms with Crippen molar-refractivity contribution in [1.82, 2.24) is 35.3 Å². The zero-order valence-electron chi connectivity index (χ0n) is 22.1. The Kier molecular flexibility index (Phi) is 6.38. The van der Waals surface area contributed by atoms with Crippen LogP contribution < -0.4 is 10.7 Å². The number of amides is 1. The first kappa shape index (κ1) is 24.9. The highest BCUT2D eigenvalue weighted by Gasteiger charge is 2.27. The van der Waals surface area contributed by atoms with E-state index in [1.807, 2.05) is 18.2 Å². The van der Waals surface area contributed by atoms with Crippen molar-refractivity contribution in [2.75, 3.05) is 5.32 Å². The molecule has 0 atom stereocenters. The lowest BCUT2D eigenvalue weighted by atomic mass is 9.88. The first-order valence-electron chi connectivity index (χ1n) is 13.7. The molecule has 41 heavy (non-hydrogen) atoms. The van der Waals surface area contributed by atoms with Crippen molar-refractivity contribution < 1.29 is 9.18 Å². The van der Waals surface area contributed by atoms with Gasteiger partial charge < -0.3 is 15.7 Å². The minimum Gasteiger partial charge on any atom is -0.336 e. The summed E-state index contributed by atoms with van der Waals surface area (Å²) in [6.45, 7) is 0.274. The van der Waals surface area contributed by atoms with Gasteiger partial charge in [0, 0.05) is 53.6 Å². The maximum Gasteiger partial charge on any atom is 0.227 e. The van der Waals surface area contributed by atoms with Crippen molar-refractivity contribution in [2.24, 2.45) is 11.0 Å². The highest BCUT2D eigenvalue weighted by molar-refractivity contribution is 6.14. The van der Waals surface area contributed by atoms with E-state index in [0.717, 1.165) is 36.8 Å². The lowest BCUT2D eigenvalue weighted by molar-refractivity contribution is -0.120. The summed E-state index contributed by atoms with van der Waals surface area (Å²) < 4.78 is 16.3. The fourth-order valence-electron chi connectivity index (χ4n) is 5.55. The maximum absolute atomic E-state index is 16.3. The van der Waals surface area contributed by atoms with E-state index >= 15 is 4.39 Å². The zero-order chi connectivity index (χ0) is 27.8. The second-order valence-corrected chi connectivity index (χ2v) is 10.3. The van der Waals surface area contributed by atoms with Gasteiger partial charge in [-0.3, -0.25) is 24.7 Å². The molecule has 0 radical (unpaired) electrons. The molecular weight excluding hydrogens is 521 g/mol. The van der Waals surface area contributed by atoms with Crippen molar-refractivity contribution in [3.8, 4) is 22.4 Å². The molecule has 0 unspecified atom stereocenters. The molecule has 0 bridgehead atoms. The number of H-pyrrole nitrogens is 1. The first-order valence-corrected chi connectivity index (χ1v) is 13.7. The van der Waals surface area contributed by atoms with Crippen molar-refractivity contribution in [3.05, 3.63) is 84.3 Å². The van der Waals surface area contributed by atoms with Crippen LogP contribution in [0, 0.1) is 11.7 Å². The van der Waals surface area contributed by atoms with E-state index in [2.05, 4.69) is 40.8 Å². The molecule has 1 aliphatic heterocycles. The molecule has 0 saturated heterocycles. The van der Waals surface area contributed by atoms with Crippen LogP contribution in [0.5, 0.6) is 0 Å².